The van der Waals surface area contributed by atoms with Gasteiger partial charge in [-0.15, -0.1) is 0 Å². The van der Waals surface area contributed by atoms with E-state index in [0.717, 1.165) is 0 Å². The van der Waals surface area contributed by atoms with Gasteiger partial charge in [-0.1, -0.05) is 29.3 Å². The Bertz CT molecular complexity index is 1190. The number of primary amides is 1. The van der Waals surface area contributed by atoms with Gasteiger partial charge in [-0.05, 0) is 24.6 Å². The number of nitrogens with one attached hydrogen (secondary N) is 1. The van der Waals surface area contributed by atoms with E-state index in [1.165, 1.54) is 0 Å². The fourth-order valence-corrected chi connectivity index (χ4v) is 3.93. The number of rotatable bonds is 6. The summed E-state index contributed by atoms with van der Waals surface area (Å²) in [5.74, 6) is -0.739. The van der Waals surface area contributed by atoms with Crippen LogP contribution in [-0.4, -0.2) is 56.6 Å². The molecule has 1 aliphatic rings. The first kappa shape index (κ1) is 23.0. The van der Waals surface area contributed by atoms with Crippen LogP contribution in [0.15, 0.2) is 43.0 Å². The van der Waals surface area contributed by atoms with E-state index in [2.05, 4.69) is 20.3 Å². The van der Waals surface area contributed by atoms with E-state index in [4.69, 9.17) is 33.7 Å². The van der Waals surface area contributed by atoms with Crippen molar-refractivity contribution in [3.8, 4) is 5.95 Å². The smallest absolute Gasteiger partial charge is 0.258 e. The molecule has 3 heterocycles. The van der Waals surface area contributed by atoms with Crippen molar-refractivity contribution in [2.45, 2.75) is 19.0 Å². The van der Waals surface area contributed by atoms with Gasteiger partial charge in [0.2, 0.25) is 11.5 Å². The molecule has 33 heavy (non-hydrogen) atoms. The summed E-state index contributed by atoms with van der Waals surface area (Å²) in [5.41, 5.74) is 5.34. The number of hydrogen-bond donors (Lipinski definition) is 2. The number of anilines is 1. The Hall–Kier alpha value is -3.21. The number of morpholine rings is 1. The van der Waals surface area contributed by atoms with Gasteiger partial charge in [0.1, 0.15) is 12.1 Å². The lowest BCUT2D eigenvalue weighted by Gasteiger charge is -2.43. The molecule has 1 aliphatic heterocycles. The van der Waals surface area contributed by atoms with Gasteiger partial charge in [0.15, 0.2) is 0 Å². The summed E-state index contributed by atoms with van der Waals surface area (Å²) in [6, 6.07) is 6.69. The number of nitrogens with zero attached hydrogens (tertiary/aromatic N) is 5. The third-order valence-corrected chi connectivity index (χ3v) is 6.03. The Morgan fingerprint density at radius 3 is 2.76 bits per heavy atom. The van der Waals surface area contributed by atoms with Crippen molar-refractivity contribution in [3.05, 3.63) is 64.3 Å². The molecular weight excluding hydrogens is 469 g/mol. The number of aromatic nitrogens is 4. The Morgan fingerprint density at radius 1 is 1.24 bits per heavy atom. The van der Waals surface area contributed by atoms with Crippen molar-refractivity contribution in [2.24, 2.45) is 5.73 Å². The summed E-state index contributed by atoms with van der Waals surface area (Å²) in [5, 5.41) is 3.54. The van der Waals surface area contributed by atoms with E-state index in [9.17, 15) is 9.59 Å². The molecule has 0 spiro atoms. The second-order valence-corrected chi connectivity index (χ2v) is 8.31. The fourth-order valence-electron chi connectivity index (χ4n) is 3.60. The lowest BCUT2D eigenvalue weighted by molar-refractivity contribution is -0.140. The Kier molecular flexibility index (Phi) is 6.50. The fraction of sp³-hybridized carbons (Fsp3) is 0.286. The highest BCUT2D eigenvalue weighted by atomic mass is 35.5. The van der Waals surface area contributed by atoms with Gasteiger partial charge in [-0.2, -0.15) is 4.98 Å². The van der Waals surface area contributed by atoms with Crippen LogP contribution in [-0.2, 0) is 20.9 Å². The maximum Gasteiger partial charge on any atom is 0.258 e. The molecule has 4 rings (SSSR count). The second kappa shape index (κ2) is 9.34. The zero-order chi connectivity index (χ0) is 23.6. The van der Waals surface area contributed by atoms with Gasteiger partial charge in [-0.25, -0.2) is 9.97 Å². The van der Waals surface area contributed by atoms with Gasteiger partial charge >= 0.3 is 0 Å². The van der Waals surface area contributed by atoms with Crippen LogP contribution in [0.5, 0.6) is 0 Å². The minimum atomic E-state index is -1.80. The number of halogens is 2. The minimum absolute atomic E-state index is 0.113. The lowest BCUT2D eigenvalue weighted by atomic mass is 9.94. The average molecular weight is 490 g/mol. The number of hydrogen-bond acceptors (Lipinski definition) is 7. The third-order valence-electron chi connectivity index (χ3n) is 5.29. The highest BCUT2D eigenvalue weighted by molar-refractivity contribution is 6.42. The van der Waals surface area contributed by atoms with E-state index in [0.29, 0.717) is 39.7 Å². The number of imidazole rings is 1. The van der Waals surface area contributed by atoms with Crippen molar-refractivity contribution < 1.29 is 14.3 Å². The van der Waals surface area contributed by atoms with Crippen LogP contribution in [0.3, 0.4) is 0 Å². The highest BCUT2D eigenvalue weighted by Crippen LogP contribution is 2.28. The van der Waals surface area contributed by atoms with Crippen LogP contribution in [0.4, 0.5) is 5.82 Å². The Labute approximate surface area is 199 Å². The van der Waals surface area contributed by atoms with E-state index >= 15 is 0 Å². The molecule has 1 atom stereocenters. The molecule has 3 N–H and O–H groups in total. The van der Waals surface area contributed by atoms with Gasteiger partial charge in [0.25, 0.3) is 11.8 Å². The quantitative estimate of drug-likeness (QED) is 0.503. The summed E-state index contributed by atoms with van der Waals surface area (Å²) >= 11 is 12.0. The summed E-state index contributed by atoms with van der Waals surface area (Å²) in [6.45, 7) is 2.20. The number of carbonyl (C=O) groups is 2. The third kappa shape index (κ3) is 4.50. The van der Waals surface area contributed by atoms with E-state index in [-0.39, 0.29) is 19.7 Å². The van der Waals surface area contributed by atoms with Crippen molar-refractivity contribution >= 4 is 40.8 Å². The number of nitrogens with two attached hydrogens (primary N) is 1. The average Bonchev–Trinajstić information content (AvgIpc) is 3.34. The summed E-state index contributed by atoms with van der Waals surface area (Å²) in [6.07, 6.45) is 4.86. The predicted molar refractivity (Wildman–Crippen MR) is 122 cm³/mol. The van der Waals surface area contributed by atoms with Gasteiger partial charge < -0.3 is 20.7 Å². The first-order valence-corrected chi connectivity index (χ1v) is 10.8. The molecule has 1 unspecified atom stereocenters. The summed E-state index contributed by atoms with van der Waals surface area (Å²) in [7, 11) is 0. The number of aryl methyl sites for hydroxylation is 1. The standard InChI is InChI=1S/C21H21Cl2N7O3/c1-13-8-17(28-20(27-13)29-5-4-25-12-29)30-6-7-33-11-21(30,18(24)31)19(32)26-10-14-2-3-15(22)16(23)9-14/h2-5,8-9,12H,6-7,10-11H2,1H3,(H2,24,31)(H,26,32). The normalized spacial score (nSPS) is 18.2. The molecule has 1 aromatic carbocycles. The monoisotopic (exact) mass is 489 g/mol. The second-order valence-electron chi connectivity index (χ2n) is 7.50. The zero-order valence-electron chi connectivity index (χ0n) is 17.7. The van der Waals surface area contributed by atoms with Crippen LogP contribution in [0.1, 0.15) is 11.3 Å². The first-order valence-electron chi connectivity index (χ1n) is 10.0. The minimum Gasteiger partial charge on any atom is -0.376 e. The maximum atomic E-state index is 13.4. The predicted octanol–water partition coefficient (Wildman–Crippen LogP) is 1.65. The maximum absolute atomic E-state index is 13.4. The van der Waals surface area contributed by atoms with Crippen molar-refractivity contribution in [1.29, 1.82) is 0 Å². The molecule has 172 valence electrons. The molecule has 1 fully saturated rings. The Balaban J connectivity index is 1.67. The lowest BCUT2D eigenvalue weighted by Crippen LogP contribution is -2.71. The van der Waals surface area contributed by atoms with Crippen LogP contribution < -0.4 is 16.0 Å². The summed E-state index contributed by atoms with van der Waals surface area (Å²) < 4.78 is 7.17. The number of benzene rings is 1. The molecule has 0 bridgehead atoms. The molecule has 3 aromatic rings. The number of amides is 2. The summed E-state index contributed by atoms with van der Waals surface area (Å²) in [4.78, 5) is 40.7. The SMILES string of the molecule is Cc1cc(N2CCOCC2(C(N)=O)C(=O)NCc2ccc(Cl)c(Cl)c2)nc(-n2ccnc2)n1. The molecule has 10 nitrogen and oxygen atoms in total. The zero-order valence-corrected chi connectivity index (χ0v) is 19.2. The molecule has 0 aliphatic carbocycles. The molecule has 2 aromatic heterocycles. The van der Waals surface area contributed by atoms with Crippen molar-refractivity contribution in [3.63, 3.8) is 0 Å². The molecule has 2 amide bonds. The molecule has 0 saturated carbocycles. The van der Waals surface area contributed by atoms with Gasteiger partial charge in [0.05, 0.1) is 23.3 Å². The topological polar surface area (TPSA) is 128 Å². The van der Waals surface area contributed by atoms with E-state index < -0.39 is 17.4 Å². The van der Waals surface area contributed by atoms with Crippen molar-refractivity contribution in [1.82, 2.24) is 24.8 Å². The van der Waals surface area contributed by atoms with E-state index in [1.807, 2.05) is 0 Å². The van der Waals surface area contributed by atoms with Crippen LogP contribution in [0.2, 0.25) is 10.0 Å². The van der Waals surface area contributed by atoms with E-state index in [1.54, 1.807) is 59.4 Å². The molecular formula is C21H21Cl2N7O3. The molecule has 0 radical (unpaired) electrons. The largest absolute Gasteiger partial charge is 0.376 e. The molecule has 12 heteroatoms. The van der Waals surface area contributed by atoms with Crippen molar-refractivity contribution in [2.75, 3.05) is 24.7 Å². The van der Waals surface area contributed by atoms with Crippen LogP contribution >= 0.6 is 23.2 Å². The highest BCUT2D eigenvalue weighted by Gasteiger charge is 2.52. The van der Waals surface area contributed by atoms with Crippen LogP contribution in [0.25, 0.3) is 5.95 Å². The first-order chi connectivity index (χ1) is 15.8. The number of ether oxygens (including phenoxy) is 1. The number of carbonyl (C=O) groups excluding carboxylic acids is 2. The van der Waals surface area contributed by atoms with Gasteiger partial charge in [-0.3, -0.25) is 14.2 Å². The van der Waals surface area contributed by atoms with Crippen LogP contribution in [0, 0.1) is 6.92 Å². The van der Waals surface area contributed by atoms with Gasteiger partial charge in [0, 0.05) is 37.2 Å². The molecule has 1 saturated heterocycles. The Morgan fingerprint density at radius 2 is 2.06 bits per heavy atom.